The van der Waals surface area contributed by atoms with E-state index in [0.29, 0.717) is 0 Å². The van der Waals surface area contributed by atoms with Gasteiger partial charge in [-0.15, -0.1) is 0 Å². The van der Waals surface area contributed by atoms with E-state index in [9.17, 15) is 0 Å². The predicted molar refractivity (Wildman–Crippen MR) is 113 cm³/mol. The third-order valence-electron chi connectivity index (χ3n) is 4.96. The first-order valence-corrected chi connectivity index (χ1v) is 9.09. The van der Waals surface area contributed by atoms with Crippen LogP contribution in [0.4, 0.5) is 0 Å². The zero-order chi connectivity index (χ0) is 18.1. The number of hydrogen-bond acceptors (Lipinski definition) is 0. The average molecular weight is 337 g/mol. The van der Waals surface area contributed by atoms with Gasteiger partial charge in [0.05, 0.1) is 5.52 Å². The average Bonchev–Trinajstić information content (AvgIpc) is 2.95. The van der Waals surface area contributed by atoms with Gasteiger partial charge in [-0.25, -0.2) is 0 Å². The summed E-state index contributed by atoms with van der Waals surface area (Å²) in [5, 5.41) is 1.32. The van der Waals surface area contributed by atoms with Gasteiger partial charge in [0.2, 0.25) is 0 Å². The number of aromatic nitrogens is 1. The van der Waals surface area contributed by atoms with Crippen LogP contribution < -0.4 is 0 Å². The second-order valence-electron chi connectivity index (χ2n) is 6.78. The van der Waals surface area contributed by atoms with E-state index < -0.39 is 0 Å². The van der Waals surface area contributed by atoms with Crippen molar-refractivity contribution in [1.82, 2.24) is 4.57 Å². The van der Waals surface area contributed by atoms with Gasteiger partial charge in [-0.1, -0.05) is 60.2 Å². The van der Waals surface area contributed by atoms with Crippen molar-refractivity contribution < 1.29 is 0 Å². The molecule has 1 nitrogen and oxygen atoms in total. The third kappa shape index (κ3) is 2.76. The Bertz CT molecular complexity index is 1100. The van der Waals surface area contributed by atoms with Crippen LogP contribution in [0.1, 0.15) is 23.7 Å². The summed E-state index contributed by atoms with van der Waals surface area (Å²) < 4.78 is 2.37. The Labute approximate surface area is 155 Å². The Kier molecular flexibility index (Phi) is 4.22. The number of aryl methyl sites for hydroxylation is 2. The highest BCUT2D eigenvalue weighted by Gasteiger charge is 2.14. The van der Waals surface area contributed by atoms with E-state index in [1.807, 2.05) is 0 Å². The zero-order valence-corrected chi connectivity index (χ0v) is 15.5. The van der Waals surface area contributed by atoms with Gasteiger partial charge in [-0.05, 0) is 67.8 Å². The Morgan fingerprint density at radius 1 is 0.769 bits per heavy atom. The van der Waals surface area contributed by atoms with E-state index in [1.165, 1.54) is 44.5 Å². The lowest BCUT2D eigenvalue weighted by atomic mass is 10.1. The molecule has 0 spiro atoms. The van der Waals surface area contributed by atoms with Gasteiger partial charge in [0.15, 0.2) is 0 Å². The summed E-state index contributed by atoms with van der Waals surface area (Å²) in [7, 11) is 0. The molecule has 0 radical (unpaired) electrons. The minimum absolute atomic E-state index is 1.20. The van der Waals surface area contributed by atoms with E-state index >= 15 is 0 Å². The molecular weight excluding hydrogens is 314 g/mol. The van der Waals surface area contributed by atoms with E-state index in [2.05, 4.69) is 110 Å². The van der Waals surface area contributed by atoms with Gasteiger partial charge >= 0.3 is 0 Å². The molecule has 0 saturated heterocycles. The fraction of sp³-hybridized carbons (Fsp3) is 0.120. The largest absolute Gasteiger partial charge is 0.310 e. The number of nitrogens with zero attached hydrogens (tertiary/aromatic N) is 1. The van der Waals surface area contributed by atoms with E-state index in [0.717, 1.165) is 0 Å². The van der Waals surface area contributed by atoms with Crippen LogP contribution in [0.3, 0.4) is 0 Å². The molecule has 0 atom stereocenters. The summed E-state index contributed by atoms with van der Waals surface area (Å²) in [6.45, 7) is 6.45. The summed E-state index contributed by atoms with van der Waals surface area (Å²) in [5.74, 6) is 0. The maximum Gasteiger partial charge on any atom is 0.0537 e. The van der Waals surface area contributed by atoms with Crippen LogP contribution >= 0.6 is 0 Å². The van der Waals surface area contributed by atoms with Gasteiger partial charge < -0.3 is 4.57 Å². The first-order chi connectivity index (χ1) is 12.7. The van der Waals surface area contributed by atoms with Crippen molar-refractivity contribution in [3.63, 3.8) is 0 Å². The molecule has 0 fully saturated rings. The number of rotatable bonds is 3. The second kappa shape index (κ2) is 6.68. The highest BCUT2D eigenvalue weighted by Crippen LogP contribution is 2.32. The molecule has 3 aromatic carbocycles. The molecule has 128 valence electrons. The monoisotopic (exact) mass is 337 g/mol. The molecule has 0 amide bonds. The van der Waals surface area contributed by atoms with Crippen molar-refractivity contribution in [3.8, 4) is 16.8 Å². The summed E-state index contributed by atoms with van der Waals surface area (Å²) >= 11 is 0. The molecule has 26 heavy (non-hydrogen) atoms. The molecule has 4 rings (SSSR count). The lowest BCUT2D eigenvalue weighted by molar-refractivity contribution is 1.10. The summed E-state index contributed by atoms with van der Waals surface area (Å²) in [4.78, 5) is 0. The molecule has 0 bridgehead atoms. The van der Waals surface area contributed by atoms with Crippen LogP contribution in [0.25, 0.3) is 33.8 Å². The second-order valence-corrected chi connectivity index (χ2v) is 6.78. The molecule has 0 aliphatic rings. The van der Waals surface area contributed by atoms with Gasteiger partial charge in [0.1, 0.15) is 0 Å². The van der Waals surface area contributed by atoms with Crippen LogP contribution in [0.2, 0.25) is 0 Å². The smallest absolute Gasteiger partial charge is 0.0537 e. The number of hydrogen-bond donors (Lipinski definition) is 0. The van der Waals surface area contributed by atoms with Crippen molar-refractivity contribution >= 4 is 17.0 Å². The predicted octanol–water partition coefficient (Wildman–Crippen LogP) is 6.95. The van der Waals surface area contributed by atoms with Crippen molar-refractivity contribution in [1.29, 1.82) is 0 Å². The first-order valence-electron chi connectivity index (χ1n) is 9.09. The van der Waals surface area contributed by atoms with E-state index in [4.69, 9.17) is 0 Å². The Balaban J connectivity index is 1.99. The molecule has 0 unspecified atom stereocenters. The van der Waals surface area contributed by atoms with Gasteiger partial charge in [0.25, 0.3) is 0 Å². The highest BCUT2D eigenvalue weighted by molar-refractivity contribution is 5.90. The normalized spacial score (nSPS) is 11.5. The minimum Gasteiger partial charge on any atom is -0.310 e. The SMILES string of the molecule is C/C=C\c1c(C)c2cc(C)ccc2n1-c1cccc(-c2ccccc2)c1. The molecule has 4 aromatic rings. The topological polar surface area (TPSA) is 4.93 Å². The van der Waals surface area contributed by atoms with E-state index in [1.54, 1.807) is 0 Å². The minimum atomic E-state index is 1.20. The van der Waals surface area contributed by atoms with Crippen LogP contribution in [-0.2, 0) is 0 Å². The van der Waals surface area contributed by atoms with Crippen LogP contribution in [-0.4, -0.2) is 4.57 Å². The number of fused-ring (bicyclic) bond motifs is 1. The van der Waals surface area contributed by atoms with Gasteiger partial charge in [-0.2, -0.15) is 0 Å². The van der Waals surface area contributed by atoms with Crippen molar-refractivity contribution in [3.05, 3.63) is 95.7 Å². The summed E-state index contributed by atoms with van der Waals surface area (Å²) in [5.41, 5.74) is 8.80. The van der Waals surface area contributed by atoms with Crippen molar-refractivity contribution in [2.45, 2.75) is 20.8 Å². The third-order valence-corrected chi connectivity index (χ3v) is 4.96. The lowest BCUT2D eigenvalue weighted by Crippen LogP contribution is -1.97. The molecule has 1 heterocycles. The summed E-state index contributed by atoms with van der Waals surface area (Å²) in [6.07, 6.45) is 4.32. The first kappa shape index (κ1) is 16.4. The van der Waals surface area contributed by atoms with Crippen LogP contribution in [0.5, 0.6) is 0 Å². The maximum absolute atomic E-state index is 2.37. The Morgan fingerprint density at radius 3 is 2.31 bits per heavy atom. The number of benzene rings is 3. The molecule has 1 heteroatoms. The Morgan fingerprint density at radius 2 is 1.54 bits per heavy atom. The molecule has 0 saturated carbocycles. The fourth-order valence-corrected chi connectivity index (χ4v) is 3.67. The summed E-state index contributed by atoms with van der Waals surface area (Å²) in [6, 6.07) is 26.1. The molecule has 1 aromatic heterocycles. The van der Waals surface area contributed by atoms with E-state index in [-0.39, 0.29) is 0 Å². The standard InChI is InChI=1S/C25H23N/c1-4-9-24-19(3)23-16-18(2)14-15-25(23)26(24)22-13-8-12-21(17-22)20-10-6-5-7-11-20/h4-17H,1-3H3/b9-4-. The van der Waals surface area contributed by atoms with Crippen molar-refractivity contribution in [2.24, 2.45) is 0 Å². The fourth-order valence-electron chi connectivity index (χ4n) is 3.67. The molecule has 0 aliphatic heterocycles. The molecule has 0 N–H and O–H groups in total. The molecule has 0 aliphatic carbocycles. The van der Waals surface area contributed by atoms with Crippen LogP contribution in [0, 0.1) is 13.8 Å². The van der Waals surface area contributed by atoms with Gasteiger partial charge in [-0.3, -0.25) is 0 Å². The quantitative estimate of drug-likeness (QED) is 0.381. The van der Waals surface area contributed by atoms with Crippen LogP contribution in [0.15, 0.2) is 78.9 Å². The lowest BCUT2D eigenvalue weighted by Gasteiger charge is -2.11. The maximum atomic E-state index is 2.37. The molecular formula is C25H23N. The van der Waals surface area contributed by atoms with Crippen molar-refractivity contribution in [2.75, 3.05) is 0 Å². The Hall–Kier alpha value is -3.06. The highest BCUT2D eigenvalue weighted by atomic mass is 15.0. The zero-order valence-electron chi connectivity index (χ0n) is 15.5. The van der Waals surface area contributed by atoms with Gasteiger partial charge in [0, 0.05) is 16.8 Å². The number of allylic oxidation sites excluding steroid dienone is 1.